The Balaban J connectivity index is 1.14. The van der Waals surface area contributed by atoms with E-state index < -0.39 is 0 Å². The minimum absolute atomic E-state index is 0.0720. The molecule has 1 saturated heterocycles. The van der Waals surface area contributed by atoms with Crippen molar-refractivity contribution >= 4 is 16.8 Å². The number of benzene rings is 2. The van der Waals surface area contributed by atoms with Crippen LogP contribution in [0.4, 0.5) is 0 Å². The highest BCUT2D eigenvalue weighted by Gasteiger charge is 2.22. The zero-order valence-corrected chi connectivity index (χ0v) is 17.2. The summed E-state index contributed by atoms with van der Waals surface area (Å²) in [5.74, 6) is 1.66. The van der Waals surface area contributed by atoms with Crippen LogP contribution in [-0.2, 0) is 17.9 Å². The minimum atomic E-state index is -0.105. The molecule has 1 amide bonds. The van der Waals surface area contributed by atoms with Gasteiger partial charge in [-0.25, -0.2) is 4.98 Å². The van der Waals surface area contributed by atoms with Gasteiger partial charge in [-0.15, -0.1) is 0 Å². The van der Waals surface area contributed by atoms with E-state index in [-0.39, 0.29) is 18.3 Å². The van der Waals surface area contributed by atoms with Crippen LogP contribution >= 0.6 is 0 Å². The molecule has 2 aliphatic rings. The van der Waals surface area contributed by atoms with Crippen LogP contribution < -0.4 is 15.0 Å². The first-order chi connectivity index (χ1) is 15.2. The molecule has 5 rings (SSSR count). The van der Waals surface area contributed by atoms with E-state index in [9.17, 15) is 9.59 Å². The molecule has 2 aliphatic heterocycles. The summed E-state index contributed by atoms with van der Waals surface area (Å²) in [5, 5.41) is 0.578. The van der Waals surface area contributed by atoms with Crippen molar-refractivity contribution in [2.45, 2.75) is 19.5 Å². The Hall–Kier alpha value is -3.39. The van der Waals surface area contributed by atoms with Crippen LogP contribution in [0.1, 0.15) is 12.0 Å². The van der Waals surface area contributed by atoms with Gasteiger partial charge < -0.3 is 14.4 Å². The maximum atomic E-state index is 12.7. The molecule has 8 heteroatoms. The molecule has 0 N–H and O–H groups in total. The first-order valence-electron chi connectivity index (χ1n) is 10.5. The monoisotopic (exact) mass is 420 g/mol. The highest BCUT2D eigenvalue weighted by atomic mass is 16.7. The molecule has 1 fully saturated rings. The van der Waals surface area contributed by atoms with Crippen molar-refractivity contribution in [3.05, 3.63) is 64.7 Å². The SMILES string of the molecule is O=C(CCn1cnc2ccccc2c1=O)N1CCN(Cc2ccc3c(c2)OCO3)CC1. The second-order valence-corrected chi connectivity index (χ2v) is 7.85. The summed E-state index contributed by atoms with van der Waals surface area (Å²) in [6.07, 6.45) is 1.82. The zero-order chi connectivity index (χ0) is 21.2. The number of nitrogens with zero attached hydrogens (tertiary/aromatic N) is 4. The van der Waals surface area contributed by atoms with Crippen molar-refractivity contribution < 1.29 is 14.3 Å². The smallest absolute Gasteiger partial charge is 0.261 e. The zero-order valence-electron chi connectivity index (χ0n) is 17.2. The van der Waals surface area contributed by atoms with Gasteiger partial charge in [-0.2, -0.15) is 0 Å². The summed E-state index contributed by atoms with van der Waals surface area (Å²) in [7, 11) is 0. The summed E-state index contributed by atoms with van der Waals surface area (Å²) in [4.78, 5) is 33.8. The Bertz CT molecular complexity index is 1170. The topological polar surface area (TPSA) is 76.9 Å². The molecule has 0 bridgehead atoms. The number of amides is 1. The summed E-state index contributed by atoms with van der Waals surface area (Å²) in [6, 6.07) is 13.3. The van der Waals surface area contributed by atoms with E-state index in [4.69, 9.17) is 9.47 Å². The third-order valence-electron chi connectivity index (χ3n) is 5.87. The predicted molar refractivity (Wildman–Crippen MR) is 115 cm³/mol. The first kappa shape index (κ1) is 19.6. The lowest BCUT2D eigenvalue weighted by atomic mass is 10.1. The van der Waals surface area contributed by atoms with Gasteiger partial charge >= 0.3 is 0 Å². The van der Waals surface area contributed by atoms with Gasteiger partial charge in [-0.3, -0.25) is 19.1 Å². The fourth-order valence-corrected chi connectivity index (χ4v) is 4.09. The normalized spacial score (nSPS) is 16.1. The maximum absolute atomic E-state index is 12.7. The van der Waals surface area contributed by atoms with Crippen LogP contribution in [-0.4, -0.2) is 58.2 Å². The Labute approximate surface area is 179 Å². The van der Waals surface area contributed by atoms with Gasteiger partial charge in [0.1, 0.15) is 0 Å². The van der Waals surface area contributed by atoms with Gasteiger partial charge in [0, 0.05) is 45.7 Å². The van der Waals surface area contributed by atoms with Crippen molar-refractivity contribution in [1.82, 2.24) is 19.4 Å². The molecule has 1 aromatic heterocycles. The van der Waals surface area contributed by atoms with Crippen molar-refractivity contribution in [3.8, 4) is 11.5 Å². The fraction of sp³-hybridized carbons (Fsp3) is 0.348. The van der Waals surface area contributed by atoms with E-state index in [2.05, 4.69) is 16.0 Å². The molecule has 0 saturated carbocycles. The molecule has 8 nitrogen and oxygen atoms in total. The van der Waals surface area contributed by atoms with Crippen molar-refractivity contribution in [2.75, 3.05) is 33.0 Å². The number of carbonyl (C=O) groups is 1. The largest absolute Gasteiger partial charge is 0.454 e. The van der Waals surface area contributed by atoms with Crippen molar-refractivity contribution in [3.63, 3.8) is 0 Å². The van der Waals surface area contributed by atoms with E-state index in [0.29, 0.717) is 37.0 Å². The van der Waals surface area contributed by atoms with Gasteiger partial charge in [0.25, 0.3) is 5.56 Å². The summed E-state index contributed by atoms with van der Waals surface area (Å²) >= 11 is 0. The van der Waals surface area contributed by atoms with E-state index in [0.717, 1.165) is 31.1 Å². The molecule has 0 atom stereocenters. The average molecular weight is 420 g/mol. The van der Waals surface area contributed by atoms with Crippen LogP contribution in [0.2, 0.25) is 0 Å². The predicted octanol–water partition coefficient (Wildman–Crippen LogP) is 1.86. The number of fused-ring (bicyclic) bond motifs is 2. The summed E-state index contributed by atoms with van der Waals surface area (Å²) < 4.78 is 12.3. The molecule has 0 unspecified atom stereocenters. The number of hydrogen-bond donors (Lipinski definition) is 0. The number of para-hydroxylation sites is 1. The molecule has 160 valence electrons. The van der Waals surface area contributed by atoms with Gasteiger partial charge in [0.05, 0.1) is 17.2 Å². The van der Waals surface area contributed by atoms with Crippen LogP contribution in [0.25, 0.3) is 10.9 Å². The van der Waals surface area contributed by atoms with Crippen LogP contribution in [0.3, 0.4) is 0 Å². The Morgan fingerprint density at radius 2 is 1.81 bits per heavy atom. The number of carbonyl (C=O) groups excluding carboxylic acids is 1. The van der Waals surface area contributed by atoms with Gasteiger partial charge in [0.2, 0.25) is 12.7 Å². The maximum Gasteiger partial charge on any atom is 0.261 e. The van der Waals surface area contributed by atoms with Gasteiger partial charge in [0.15, 0.2) is 11.5 Å². The molecule has 0 spiro atoms. The molecular formula is C23H24N4O4. The Morgan fingerprint density at radius 1 is 1.00 bits per heavy atom. The number of aryl methyl sites for hydroxylation is 1. The lowest BCUT2D eigenvalue weighted by Gasteiger charge is -2.34. The van der Waals surface area contributed by atoms with Crippen molar-refractivity contribution in [2.24, 2.45) is 0 Å². The Kier molecular flexibility index (Phi) is 5.30. The second kappa shape index (κ2) is 8.39. The highest BCUT2D eigenvalue weighted by molar-refractivity contribution is 5.77. The first-order valence-corrected chi connectivity index (χ1v) is 10.5. The molecule has 0 radical (unpaired) electrons. The molecular weight excluding hydrogens is 396 g/mol. The summed E-state index contributed by atoms with van der Waals surface area (Å²) in [6.45, 7) is 4.45. The molecule has 0 aliphatic carbocycles. The minimum Gasteiger partial charge on any atom is -0.454 e. The van der Waals surface area contributed by atoms with E-state index in [1.165, 1.54) is 16.5 Å². The number of ether oxygens (including phenoxy) is 2. The molecule has 31 heavy (non-hydrogen) atoms. The van der Waals surface area contributed by atoms with Crippen LogP contribution in [0.15, 0.2) is 53.6 Å². The standard InChI is InChI=1S/C23H24N4O4/c28-22(7-8-27-15-24-19-4-2-1-3-18(19)23(27)29)26-11-9-25(10-12-26)14-17-5-6-20-21(13-17)31-16-30-20/h1-6,13,15H,7-12,14,16H2. The summed E-state index contributed by atoms with van der Waals surface area (Å²) in [5.41, 5.74) is 1.74. The van der Waals surface area contributed by atoms with E-state index in [1.54, 1.807) is 6.07 Å². The Morgan fingerprint density at radius 3 is 2.68 bits per heavy atom. The van der Waals surface area contributed by atoms with E-state index in [1.807, 2.05) is 35.2 Å². The number of aromatic nitrogens is 2. The third-order valence-corrected chi connectivity index (χ3v) is 5.87. The molecule has 3 heterocycles. The molecule has 3 aromatic rings. The van der Waals surface area contributed by atoms with Crippen molar-refractivity contribution in [1.29, 1.82) is 0 Å². The highest BCUT2D eigenvalue weighted by Crippen LogP contribution is 2.32. The lowest BCUT2D eigenvalue weighted by molar-refractivity contribution is -0.133. The second-order valence-electron chi connectivity index (χ2n) is 7.85. The third kappa shape index (κ3) is 4.11. The van der Waals surface area contributed by atoms with Crippen LogP contribution in [0, 0.1) is 0 Å². The average Bonchev–Trinajstić information content (AvgIpc) is 3.27. The van der Waals surface area contributed by atoms with E-state index >= 15 is 0 Å². The van der Waals surface area contributed by atoms with Crippen LogP contribution in [0.5, 0.6) is 11.5 Å². The lowest BCUT2D eigenvalue weighted by Crippen LogP contribution is -2.48. The van der Waals surface area contributed by atoms with Gasteiger partial charge in [-0.05, 0) is 29.8 Å². The number of piperazine rings is 1. The fourth-order valence-electron chi connectivity index (χ4n) is 4.09. The number of hydrogen-bond acceptors (Lipinski definition) is 6. The quantitative estimate of drug-likeness (QED) is 0.627. The molecule has 2 aromatic carbocycles. The number of rotatable bonds is 5. The van der Waals surface area contributed by atoms with Gasteiger partial charge in [-0.1, -0.05) is 18.2 Å².